The van der Waals surface area contributed by atoms with Crippen molar-refractivity contribution in [2.75, 3.05) is 13.2 Å². The average Bonchev–Trinajstić information content (AvgIpc) is 2.85. The molecule has 6 nitrogen and oxygen atoms in total. The third kappa shape index (κ3) is 2.16. The van der Waals surface area contributed by atoms with Gasteiger partial charge in [0, 0.05) is 12.8 Å². The molecule has 2 rings (SSSR count). The van der Waals surface area contributed by atoms with E-state index in [9.17, 15) is 4.79 Å². The summed E-state index contributed by atoms with van der Waals surface area (Å²) in [5.74, 6) is -0.172. The molecule has 1 aliphatic rings. The Bertz CT molecular complexity index is 330. The van der Waals surface area contributed by atoms with Crippen LogP contribution in [-0.4, -0.2) is 34.9 Å². The summed E-state index contributed by atoms with van der Waals surface area (Å²) in [6.07, 6.45) is 2.21. The number of carbonyl (C=O) groups excluding carboxylic acids is 1. The monoisotopic (exact) mass is 210 g/mol. The molecule has 82 valence electrons. The molecule has 0 spiro atoms. The summed E-state index contributed by atoms with van der Waals surface area (Å²) in [6, 6.07) is 1.80. The van der Waals surface area contributed by atoms with Crippen LogP contribution in [0.25, 0.3) is 0 Å². The van der Waals surface area contributed by atoms with Crippen LogP contribution in [0, 0.1) is 0 Å². The third-order valence-electron chi connectivity index (χ3n) is 2.50. The summed E-state index contributed by atoms with van der Waals surface area (Å²) >= 11 is 0. The average molecular weight is 210 g/mol. The van der Waals surface area contributed by atoms with Crippen molar-refractivity contribution in [2.45, 2.75) is 18.5 Å². The zero-order valence-corrected chi connectivity index (χ0v) is 8.32. The highest BCUT2D eigenvalue weighted by atomic mass is 16.5. The third-order valence-corrected chi connectivity index (χ3v) is 2.50. The summed E-state index contributed by atoms with van der Waals surface area (Å²) in [6.45, 7) is 1.26. The van der Waals surface area contributed by atoms with E-state index in [4.69, 9.17) is 10.5 Å². The van der Waals surface area contributed by atoms with Gasteiger partial charge in [-0.3, -0.25) is 9.89 Å². The highest BCUT2D eigenvalue weighted by molar-refractivity contribution is 5.86. The number of H-pyrrole nitrogens is 1. The highest BCUT2D eigenvalue weighted by Gasteiger charge is 2.37. The van der Waals surface area contributed by atoms with E-state index in [2.05, 4.69) is 15.5 Å². The molecular formula is C9H14N4O2. The van der Waals surface area contributed by atoms with Gasteiger partial charge in [-0.1, -0.05) is 0 Å². The summed E-state index contributed by atoms with van der Waals surface area (Å²) in [5.41, 5.74) is 5.87. The number of rotatable bonds is 3. The van der Waals surface area contributed by atoms with E-state index in [-0.39, 0.29) is 5.91 Å². The molecule has 1 aromatic heterocycles. The second kappa shape index (κ2) is 4.00. The molecule has 15 heavy (non-hydrogen) atoms. The van der Waals surface area contributed by atoms with E-state index in [1.165, 1.54) is 0 Å². The lowest BCUT2D eigenvalue weighted by molar-refractivity contribution is -0.126. The van der Waals surface area contributed by atoms with E-state index in [1.54, 1.807) is 12.3 Å². The van der Waals surface area contributed by atoms with Gasteiger partial charge in [-0.2, -0.15) is 5.10 Å². The van der Waals surface area contributed by atoms with Crippen LogP contribution < -0.4 is 11.1 Å². The van der Waals surface area contributed by atoms with Gasteiger partial charge in [0.05, 0.1) is 18.8 Å². The predicted molar refractivity (Wildman–Crippen MR) is 52.8 cm³/mol. The van der Waals surface area contributed by atoms with Crippen LogP contribution in [0.1, 0.15) is 12.1 Å². The molecule has 0 bridgehead atoms. The number of ether oxygens (including phenoxy) is 1. The van der Waals surface area contributed by atoms with E-state index >= 15 is 0 Å². The number of amides is 1. The first-order valence-corrected chi connectivity index (χ1v) is 4.84. The number of nitrogens with two attached hydrogens (primary N) is 1. The van der Waals surface area contributed by atoms with Crippen LogP contribution in [-0.2, 0) is 16.1 Å². The van der Waals surface area contributed by atoms with Gasteiger partial charge < -0.3 is 15.8 Å². The zero-order valence-electron chi connectivity index (χ0n) is 8.32. The second-order valence-electron chi connectivity index (χ2n) is 3.72. The van der Waals surface area contributed by atoms with Crippen LogP contribution in [0.15, 0.2) is 12.3 Å². The Balaban J connectivity index is 1.87. The first kappa shape index (κ1) is 10.1. The van der Waals surface area contributed by atoms with E-state index in [0.29, 0.717) is 26.2 Å². The van der Waals surface area contributed by atoms with Crippen molar-refractivity contribution in [3.8, 4) is 0 Å². The number of aromatic nitrogens is 2. The number of hydrogen-bond donors (Lipinski definition) is 3. The van der Waals surface area contributed by atoms with Gasteiger partial charge in [-0.15, -0.1) is 0 Å². The molecule has 6 heteroatoms. The molecule has 0 aliphatic carbocycles. The summed E-state index contributed by atoms with van der Waals surface area (Å²) in [7, 11) is 0. The molecule has 2 heterocycles. The Hall–Kier alpha value is -1.40. The van der Waals surface area contributed by atoms with Crippen LogP contribution in [0.2, 0.25) is 0 Å². The predicted octanol–water partition coefficient (Wildman–Crippen LogP) is -0.856. The number of carbonyl (C=O) groups is 1. The molecule has 1 fully saturated rings. The number of hydrogen-bond acceptors (Lipinski definition) is 4. The molecular weight excluding hydrogens is 196 g/mol. The summed E-state index contributed by atoms with van der Waals surface area (Å²) in [5, 5.41) is 9.29. The smallest absolute Gasteiger partial charge is 0.242 e. The number of nitrogens with one attached hydrogen (secondary N) is 2. The van der Waals surface area contributed by atoms with E-state index in [1.807, 2.05) is 0 Å². The van der Waals surface area contributed by atoms with Crippen molar-refractivity contribution < 1.29 is 9.53 Å². The first-order valence-electron chi connectivity index (χ1n) is 4.84. The minimum Gasteiger partial charge on any atom is -0.379 e. The van der Waals surface area contributed by atoms with Crippen LogP contribution in [0.3, 0.4) is 0 Å². The Morgan fingerprint density at radius 3 is 3.27 bits per heavy atom. The minimum absolute atomic E-state index is 0.172. The quantitative estimate of drug-likeness (QED) is 0.605. The van der Waals surface area contributed by atoms with Crippen molar-refractivity contribution >= 4 is 5.91 Å². The number of aromatic amines is 1. The topological polar surface area (TPSA) is 93.0 Å². The minimum atomic E-state index is -0.861. The van der Waals surface area contributed by atoms with Crippen molar-refractivity contribution in [3.63, 3.8) is 0 Å². The number of nitrogens with zero attached hydrogens (tertiary/aromatic N) is 1. The Morgan fingerprint density at radius 2 is 2.67 bits per heavy atom. The normalized spacial score (nSPS) is 25.4. The molecule has 0 radical (unpaired) electrons. The van der Waals surface area contributed by atoms with Crippen molar-refractivity contribution in [1.29, 1.82) is 0 Å². The van der Waals surface area contributed by atoms with Crippen molar-refractivity contribution in [1.82, 2.24) is 15.5 Å². The molecule has 1 amide bonds. The van der Waals surface area contributed by atoms with Crippen LogP contribution >= 0.6 is 0 Å². The lowest BCUT2D eigenvalue weighted by Gasteiger charge is -2.20. The van der Waals surface area contributed by atoms with Gasteiger partial charge in [0.1, 0.15) is 5.54 Å². The molecule has 1 unspecified atom stereocenters. The molecule has 1 atom stereocenters. The molecule has 1 aliphatic heterocycles. The van der Waals surface area contributed by atoms with Gasteiger partial charge in [0.2, 0.25) is 5.91 Å². The maximum atomic E-state index is 11.7. The SMILES string of the molecule is NC1(C(=O)NCc2ccn[nH]2)CCOC1. The lowest BCUT2D eigenvalue weighted by Crippen LogP contribution is -2.54. The van der Waals surface area contributed by atoms with Gasteiger partial charge in [0.25, 0.3) is 0 Å². The molecule has 0 aromatic carbocycles. The largest absolute Gasteiger partial charge is 0.379 e. The Morgan fingerprint density at radius 1 is 1.80 bits per heavy atom. The lowest BCUT2D eigenvalue weighted by atomic mass is 9.99. The van der Waals surface area contributed by atoms with Gasteiger partial charge in [-0.25, -0.2) is 0 Å². The zero-order chi connectivity index (χ0) is 10.7. The maximum Gasteiger partial charge on any atom is 0.242 e. The van der Waals surface area contributed by atoms with Crippen LogP contribution in [0.5, 0.6) is 0 Å². The van der Waals surface area contributed by atoms with Gasteiger partial charge >= 0.3 is 0 Å². The van der Waals surface area contributed by atoms with Crippen molar-refractivity contribution in [2.24, 2.45) is 5.73 Å². The maximum absolute atomic E-state index is 11.7. The first-order chi connectivity index (χ1) is 7.21. The molecule has 1 aromatic rings. The van der Waals surface area contributed by atoms with E-state index < -0.39 is 5.54 Å². The van der Waals surface area contributed by atoms with Crippen LogP contribution in [0.4, 0.5) is 0 Å². The Labute approximate surface area is 87.2 Å². The fourth-order valence-corrected chi connectivity index (χ4v) is 1.49. The second-order valence-corrected chi connectivity index (χ2v) is 3.72. The van der Waals surface area contributed by atoms with E-state index in [0.717, 1.165) is 5.69 Å². The Kier molecular flexibility index (Phi) is 2.70. The van der Waals surface area contributed by atoms with Gasteiger partial charge in [0.15, 0.2) is 0 Å². The molecule has 4 N–H and O–H groups in total. The molecule has 0 saturated carbocycles. The standard InChI is InChI=1S/C9H14N4O2/c10-9(2-4-15-6-9)8(14)11-5-7-1-3-12-13-7/h1,3H,2,4-6,10H2,(H,11,14)(H,12,13). The summed E-state index contributed by atoms with van der Waals surface area (Å²) in [4.78, 5) is 11.7. The molecule has 1 saturated heterocycles. The fourth-order valence-electron chi connectivity index (χ4n) is 1.49. The summed E-state index contributed by atoms with van der Waals surface area (Å²) < 4.78 is 5.11. The van der Waals surface area contributed by atoms with Crippen molar-refractivity contribution in [3.05, 3.63) is 18.0 Å². The van der Waals surface area contributed by atoms with Gasteiger partial charge in [-0.05, 0) is 12.5 Å². The fraction of sp³-hybridized carbons (Fsp3) is 0.556. The highest BCUT2D eigenvalue weighted by Crippen LogP contribution is 2.15.